The molecule has 0 bridgehead atoms. The lowest BCUT2D eigenvalue weighted by Crippen LogP contribution is -2.30. The van der Waals surface area contributed by atoms with Crippen molar-refractivity contribution < 1.29 is 4.39 Å². The maximum atomic E-state index is 13.1. The zero-order valence-corrected chi connectivity index (χ0v) is 13.8. The Hall–Kier alpha value is -1.11. The van der Waals surface area contributed by atoms with Crippen molar-refractivity contribution >= 4 is 0 Å². The number of rotatable bonds is 4. The summed E-state index contributed by atoms with van der Waals surface area (Å²) in [7, 11) is 0. The van der Waals surface area contributed by atoms with Gasteiger partial charge in [-0.05, 0) is 93.2 Å². The molecule has 120 valence electrons. The fourth-order valence-corrected chi connectivity index (χ4v) is 4.78. The summed E-state index contributed by atoms with van der Waals surface area (Å²) in [6.07, 6.45) is 15.5. The monoisotopic (exact) mass is 300 g/mol. The highest BCUT2D eigenvalue weighted by Gasteiger charge is 2.35. The molecular weight excluding hydrogens is 271 g/mol. The Kier molecular flexibility index (Phi) is 5.33. The van der Waals surface area contributed by atoms with Crippen LogP contribution in [0, 0.1) is 23.6 Å². The highest BCUT2D eigenvalue weighted by molar-refractivity contribution is 5.21. The molecule has 2 aliphatic carbocycles. The van der Waals surface area contributed by atoms with E-state index in [-0.39, 0.29) is 5.82 Å². The standard InChI is InChI=1S/C21H29F/c1-2-3-4-5-16-6-7-20-15-19(9-8-18(20)14-16)17-10-12-21(22)13-11-17/h2-3,10-13,16,18-20H,4-9,14-15H2,1H3/t16?,18-,19?,20+/m1/s1. The normalized spacial score (nSPS) is 32.1. The van der Waals surface area contributed by atoms with E-state index in [1.165, 1.54) is 56.9 Å². The second-order valence-corrected chi connectivity index (χ2v) is 7.41. The van der Waals surface area contributed by atoms with Crippen LogP contribution in [0.2, 0.25) is 0 Å². The van der Waals surface area contributed by atoms with Gasteiger partial charge in [-0.15, -0.1) is 0 Å². The van der Waals surface area contributed by atoms with Crippen LogP contribution in [0.3, 0.4) is 0 Å². The third kappa shape index (κ3) is 3.80. The third-order valence-corrected chi connectivity index (χ3v) is 6.04. The minimum Gasteiger partial charge on any atom is -0.207 e. The number of benzene rings is 1. The van der Waals surface area contributed by atoms with Crippen molar-refractivity contribution in [3.05, 3.63) is 47.8 Å². The Morgan fingerprint density at radius 2 is 1.73 bits per heavy atom. The number of halogens is 1. The molecule has 0 N–H and O–H groups in total. The van der Waals surface area contributed by atoms with Gasteiger partial charge in [-0.3, -0.25) is 0 Å². The van der Waals surface area contributed by atoms with Gasteiger partial charge in [0.1, 0.15) is 5.82 Å². The van der Waals surface area contributed by atoms with Crippen LogP contribution in [0.25, 0.3) is 0 Å². The van der Waals surface area contributed by atoms with Crippen LogP contribution in [0.15, 0.2) is 36.4 Å². The fraction of sp³-hybridized carbons (Fsp3) is 0.619. The van der Waals surface area contributed by atoms with Crippen molar-refractivity contribution in [2.24, 2.45) is 17.8 Å². The molecule has 2 fully saturated rings. The molecule has 0 aromatic heterocycles. The van der Waals surface area contributed by atoms with Gasteiger partial charge in [0.25, 0.3) is 0 Å². The minimum absolute atomic E-state index is 0.112. The van der Waals surface area contributed by atoms with E-state index in [0.717, 1.165) is 17.8 Å². The summed E-state index contributed by atoms with van der Waals surface area (Å²) in [5.41, 5.74) is 1.36. The van der Waals surface area contributed by atoms with Crippen LogP contribution in [-0.4, -0.2) is 0 Å². The van der Waals surface area contributed by atoms with E-state index in [1.807, 2.05) is 12.1 Å². The van der Waals surface area contributed by atoms with E-state index >= 15 is 0 Å². The first-order chi connectivity index (χ1) is 10.8. The predicted octanol–water partition coefficient (Wildman–Crippen LogP) is 6.48. The Morgan fingerprint density at radius 3 is 2.50 bits per heavy atom. The molecule has 0 radical (unpaired) electrons. The van der Waals surface area contributed by atoms with E-state index in [4.69, 9.17) is 0 Å². The molecule has 4 atom stereocenters. The topological polar surface area (TPSA) is 0 Å². The first-order valence-electron chi connectivity index (χ1n) is 9.13. The molecule has 1 heteroatoms. The largest absolute Gasteiger partial charge is 0.207 e. The second kappa shape index (κ2) is 7.44. The number of fused-ring (bicyclic) bond motifs is 1. The number of hydrogen-bond donors (Lipinski definition) is 0. The Labute approximate surface area is 134 Å². The lowest BCUT2D eigenvalue weighted by Gasteiger charge is -2.42. The second-order valence-electron chi connectivity index (χ2n) is 7.41. The highest BCUT2D eigenvalue weighted by Crippen LogP contribution is 2.48. The molecule has 2 unspecified atom stereocenters. The Bertz CT molecular complexity index is 487. The maximum Gasteiger partial charge on any atom is 0.123 e. The SMILES string of the molecule is CC=CCCC1CC[C@H]2CC(c3ccc(F)cc3)CC[C@@H]2C1. The lowest BCUT2D eigenvalue weighted by molar-refractivity contribution is 0.115. The van der Waals surface area contributed by atoms with Gasteiger partial charge in [0.15, 0.2) is 0 Å². The zero-order valence-electron chi connectivity index (χ0n) is 13.8. The molecule has 0 nitrogen and oxygen atoms in total. The highest BCUT2D eigenvalue weighted by atomic mass is 19.1. The number of allylic oxidation sites excluding steroid dienone is 2. The summed E-state index contributed by atoms with van der Waals surface area (Å²) < 4.78 is 13.1. The van der Waals surface area contributed by atoms with Crippen LogP contribution >= 0.6 is 0 Å². The Balaban J connectivity index is 1.54. The maximum absolute atomic E-state index is 13.1. The summed E-state index contributed by atoms with van der Waals surface area (Å²) in [6, 6.07) is 7.26. The molecule has 0 amide bonds. The summed E-state index contributed by atoms with van der Waals surface area (Å²) in [5.74, 6) is 3.39. The van der Waals surface area contributed by atoms with Crippen molar-refractivity contribution in [1.82, 2.24) is 0 Å². The molecule has 0 spiro atoms. The molecule has 3 rings (SSSR count). The molecule has 22 heavy (non-hydrogen) atoms. The molecule has 2 aliphatic rings. The van der Waals surface area contributed by atoms with Gasteiger partial charge in [-0.2, -0.15) is 0 Å². The van der Waals surface area contributed by atoms with Crippen LogP contribution in [0.4, 0.5) is 4.39 Å². The summed E-state index contributed by atoms with van der Waals surface area (Å²) in [5, 5.41) is 0. The molecule has 0 saturated heterocycles. The fourth-order valence-electron chi connectivity index (χ4n) is 4.78. The molecule has 2 saturated carbocycles. The summed E-state index contributed by atoms with van der Waals surface area (Å²) in [4.78, 5) is 0. The van der Waals surface area contributed by atoms with Crippen molar-refractivity contribution in [2.45, 2.75) is 64.2 Å². The van der Waals surface area contributed by atoms with Gasteiger partial charge in [0, 0.05) is 0 Å². The molecule has 0 aliphatic heterocycles. The van der Waals surface area contributed by atoms with Gasteiger partial charge in [0.2, 0.25) is 0 Å². The first kappa shape index (κ1) is 15.8. The first-order valence-corrected chi connectivity index (χ1v) is 9.13. The van der Waals surface area contributed by atoms with Crippen molar-refractivity contribution in [3.63, 3.8) is 0 Å². The van der Waals surface area contributed by atoms with Crippen molar-refractivity contribution in [3.8, 4) is 0 Å². The van der Waals surface area contributed by atoms with E-state index in [0.29, 0.717) is 5.92 Å². The van der Waals surface area contributed by atoms with Gasteiger partial charge in [0.05, 0.1) is 0 Å². The number of hydrogen-bond acceptors (Lipinski definition) is 0. The van der Waals surface area contributed by atoms with E-state index in [2.05, 4.69) is 19.1 Å². The van der Waals surface area contributed by atoms with Crippen LogP contribution in [0.1, 0.15) is 69.8 Å². The van der Waals surface area contributed by atoms with E-state index < -0.39 is 0 Å². The average Bonchev–Trinajstić information content (AvgIpc) is 2.55. The van der Waals surface area contributed by atoms with E-state index in [1.54, 1.807) is 12.1 Å². The third-order valence-electron chi connectivity index (χ3n) is 6.04. The van der Waals surface area contributed by atoms with Gasteiger partial charge >= 0.3 is 0 Å². The molecule has 1 aromatic rings. The lowest BCUT2D eigenvalue weighted by atomic mass is 9.63. The van der Waals surface area contributed by atoms with Gasteiger partial charge < -0.3 is 0 Å². The quantitative estimate of drug-likeness (QED) is 0.558. The molecule has 0 heterocycles. The molecule has 1 aromatic carbocycles. The minimum atomic E-state index is -0.112. The van der Waals surface area contributed by atoms with Gasteiger partial charge in [-0.25, -0.2) is 4.39 Å². The smallest absolute Gasteiger partial charge is 0.123 e. The van der Waals surface area contributed by atoms with Crippen molar-refractivity contribution in [1.29, 1.82) is 0 Å². The Morgan fingerprint density at radius 1 is 1.00 bits per heavy atom. The average molecular weight is 300 g/mol. The van der Waals surface area contributed by atoms with E-state index in [9.17, 15) is 4.39 Å². The summed E-state index contributed by atoms with van der Waals surface area (Å²) in [6.45, 7) is 2.12. The van der Waals surface area contributed by atoms with Gasteiger partial charge in [-0.1, -0.05) is 30.7 Å². The summed E-state index contributed by atoms with van der Waals surface area (Å²) >= 11 is 0. The zero-order chi connectivity index (χ0) is 15.4. The van der Waals surface area contributed by atoms with Crippen molar-refractivity contribution in [2.75, 3.05) is 0 Å². The van der Waals surface area contributed by atoms with Crippen LogP contribution in [0.5, 0.6) is 0 Å². The van der Waals surface area contributed by atoms with Crippen LogP contribution in [-0.2, 0) is 0 Å². The predicted molar refractivity (Wildman–Crippen MR) is 91.4 cm³/mol. The molecular formula is C21H29F. The van der Waals surface area contributed by atoms with Crippen LogP contribution < -0.4 is 0 Å².